The van der Waals surface area contributed by atoms with Gasteiger partial charge >= 0.3 is 0 Å². The van der Waals surface area contributed by atoms with Gasteiger partial charge in [-0.2, -0.15) is 0 Å². The van der Waals surface area contributed by atoms with E-state index in [2.05, 4.69) is 4.52 Å². The third kappa shape index (κ3) is 1.49. The van der Waals surface area contributed by atoms with Crippen molar-refractivity contribution in [2.24, 2.45) is 0 Å². The van der Waals surface area contributed by atoms with Gasteiger partial charge in [0.2, 0.25) is 0 Å². The lowest BCUT2D eigenvalue weighted by Crippen LogP contribution is -1.87. The molecule has 0 bridgehead atoms. The molecule has 0 aromatic heterocycles. The molecule has 1 rings (SSSR count). The van der Waals surface area contributed by atoms with Crippen molar-refractivity contribution >= 4 is 13.8 Å². The van der Waals surface area contributed by atoms with Gasteiger partial charge in [-0.3, -0.25) is 0 Å². The average Bonchev–Trinajstić information content (AvgIpc) is 1.94. The van der Waals surface area contributed by atoms with Gasteiger partial charge in [-0.25, -0.2) is 0 Å². The summed E-state index contributed by atoms with van der Waals surface area (Å²) >= 11 is 0. The highest BCUT2D eigenvalue weighted by atomic mass is 31.1. The van der Waals surface area contributed by atoms with Crippen molar-refractivity contribution in [2.75, 3.05) is 0 Å². The van der Waals surface area contributed by atoms with Gasteiger partial charge < -0.3 is 9.42 Å². The third-order valence-electron chi connectivity index (χ3n) is 0.673. The fraction of sp³-hybridized carbons (Fsp3) is 0. The largest absolute Gasteiger partial charge is 0.595 e. The first-order chi connectivity index (χ1) is 3.89. The van der Waals surface area contributed by atoms with Crippen LogP contribution >= 0.6 is 8.00 Å². The van der Waals surface area contributed by atoms with Gasteiger partial charge in [0.05, 0.1) is 0 Å². The molecule has 0 aromatic rings. The second-order valence-corrected chi connectivity index (χ2v) is 2.33. The summed E-state index contributed by atoms with van der Waals surface area (Å²) in [7, 11) is -1.57. The predicted molar refractivity (Wildman–Crippen MR) is 32.3 cm³/mol. The molecule has 1 aliphatic heterocycles. The van der Waals surface area contributed by atoms with Gasteiger partial charge in [0.15, 0.2) is 0 Å². The zero-order valence-corrected chi connectivity index (χ0v) is 5.04. The molecule has 0 N–H and O–H groups in total. The van der Waals surface area contributed by atoms with Crippen LogP contribution in [0.2, 0.25) is 0 Å². The molecule has 42 valence electrons. The van der Waals surface area contributed by atoms with E-state index in [9.17, 15) is 4.89 Å². The summed E-state index contributed by atoms with van der Waals surface area (Å²) in [6, 6.07) is 0. The zero-order chi connectivity index (χ0) is 5.82. The fourth-order valence-corrected chi connectivity index (χ4v) is 0.860. The number of rotatable bonds is 0. The predicted octanol–water partition coefficient (Wildman–Crippen LogP) is 0.561. The third-order valence-corrected chi connectivity index (χ3v) is 1.42. The molecule has 0 saturated carbocycles. The van der Waals surface area contributed by atoms with Gasteiger partial charge in [-0.1, -0.05) is 6.08 Å². The summed E-state index contributed by atoms with van der Waals surface area (Å²) < 4.78 is 4.61. The lowest BCUT2D eigenvalue weighted by atomic mass is 10.5. The molecule has 0 aliphatic carbocycles. The Kier molecular flexibility index (Phi) is 1.84. The molecule has 0 spiro atoms. The first-order valence-electron chi connectivity index (χ1n) is 2.19. The second-order valence-electron chi connectivity index (χ2n) is 1.25. The SMILES string of the molecule is [O-][P+]1=CC=CC=CO1. The van der Waals surface area contributed by atoms with Gasteiger partial charge in [0, 0.05) is 0 Å². The Morgan fingerprint density at radius 2 is 2.12 bits per heavy atom. The smallest absolute Gasteiger partial charge is 0.276 e. The molecule has 1 aliphatic rings. The minimum absolute atomic E-state index is 1.42. The van der Waals surface area contributed by atoms with Crippen LogP contribution in [-0.4, -0.2) is 5.80 Å². The van der Waals surface area contributed by atoms with Gasteiger partial charge in [-0.15, -0.1) is 0 Å². The van der Waals surface area contributed by atoms with Gasteiger partial charge in [0.1, 0.15) is 12.1 Å². The Labute approximate surface area is 48.7 Å². The van der Waals surface area contributed by atoms with Crippen LogP contribution in [0.5, 0.6) is 0 Å². The standard InChI is InChI=1S/C5H5O2P/c6-8-5-3-1-2-4-7-8/h1-5H. The monoisotopic (exact) mass is 128 g/mol. The second kappa shape index (κ2) is 2.65. The molecule has 8 heavy (non-hydrogen) atoms. The highest BCUT2D eigenvalue weighted by Gasteiger charge is 1.90. The molecule has 3 heteroatoms. The molecular formula is C5H5O2P. The Morgan fingerprint density at radius 3 is 3.00 bits per heavy atom. The Bertz CT molecular complexity index is 158. The van der Waals surface area contributed by atoms with Crippen molar-refractivity contribution in [3.63, 3.8) is 0 Å². The molecule has 1 atom stereocenters. The van der Waals surface area contributed by atoms with E-state index in [1.807, 2.05) is 0 Å². The fourth-order valence-electron chi connectivity index (χ4n) is 0.360. The minimum Gasteiger partial charge on any atom is -0.595 e. The van der Waals surface area contributed by atoms with Crippen LogP contribution in [0.1, 0.15) is 0 Å². The normalized spacial score (nSPS) is 21.4. The number of hydrogen-bond donors (Lipinski definition) is 0. The van der Waals surface area contributed by atoms with Gasteiger partial charge in [0.25, 0.3) is 8.00 Å². The molecule has 1 unspecified atom stereocenters. The molecular weight excluding hydrogens is 123 g/mol. The average molecular weight is 128 g/mol. The summed E-state index contributed by atoms with van der Waals surface area (Å²) in [5, 5.41) is 0. The highest BCUT2D eigenvalue weighted by molar-refractivity contribution is 7.45. The first kappa shape index (κ1) is 5.54. The number of hydrogen-bond acceptors (Lipinski definition) is 2. The van der Waals surface area contributed by atoms with Crippen LogP contribution in [-0.2, 0) is 4.52 Å². The Hall–Kier alpha value is -0.590. The van der Waals surface area contributed by atoms with E-state index >= 15 is 0 Å². The van der Waals surface area contributed by atoms with E-state index in [-0.39, 0.29) is 0 Å². The quantitative estimate of drug-likeness (QED) is 0.446. The molecule has 1 heterocycles. The lowest BCUT2D eigenvalue weighted by Gasteiger charge is -1.86. The lowest BCUT2D eigenvalue weighted by molar-refractivity contribution is -0.168. The molecule has 2 nitrogen and oxygen atoms in total. The van der Waals surface area contributed by atoms with E-state index in [4.69, 9.17) is 0 Å². The van der Waals surface area contributed by atoms with E-state index < -0.39 is 8.00 Å². The van der Waals surface area contributed by atoms with Crippen molar-refractivity contribution in [2.45, 2.75) is 0 Å². The Morgan fingerprint density at radius 1 is 1.25 bits per heavy atom. The van der Waals surface area contributed by atoms with Crippen molar-refractivity contribution in [3.8, 4) is 0 Å². The summed E-state index contributed by atoms with van der Waals surface area (Å²) in [6.07, 6.45) is 6.57. The molecule has 0 aromatic carbocycles. The summed E-state index contributed by atoms with van der Waals surface area (Å²) in [5.74, 6) is 1.51. The summed E-state index contributed by atoms with van der Waals surface area (Å²) in [6.45, 7) is 0. The van der Waals surface area contributed by atoms with E-state index in [0.29, 0.717) is 0 Å². The molecule has 0 amide bonds. The first-order valence-corrected chi connectivity index (χ1v) is 3.44. The van der Waals surface area contributed by atoms with Crippen molar-refractivity contribution in [1.29, 1.82) is 0 Å². The number of allylic oxidation sites excluding steroid dienone is 3. The topological polar surface area (TPSA) is 32.3 Å². The van der Waals surface area contributed by atoms with Crippen LogP contribution in [0.3, 0.4) is 0 Å². The van der Waals surface area contributed by atoms with E-state index in [0.717, 1.165) is 0 Å². The van der Waals surface area contributed by atoms with Crippen molar-refractivity contribution in [1.82, 2.24) is 0 Å². The maximum absolute atomic E-state index is 10.5. The van der Waals surface area contributed by atoms with E-state index in [1.165, 1.54) is 12.1 Å². The molecule has 0 radical (unpaired) electrons. The van der Waals surface area contributed by atoms with Crippen LogP contribution in [0.15, 0.2) is 24.5 Å². The molecule has 0 fully saturated rings. The van der Waals surface area contributed by atoms with E-state index in [1.54, 1.807) is 18.2 Å². The van der Waals surface area contributed by atoms with Crippen LogP contribution < -0.4 is 4.89 Å². The van der Waals surface area contributed by atoms with Crippen LogP contribution in [0, 0.1) is 0 Å². The van der Waals surface area contributed by atoms with Crippen LogP contribution in [0.25, 0.3) is 0 Å². The van der Waals surface area contributed by atoms with Gasteiger partial charge in [-0.05, 0) is 12.2 Å². The zero-order valence-electron chi connectivity index (χ0n) is 4.15. The Balaban J connectivity index is 2.69. The molecule has 0 saturated heterocycles. The maximum Gasteiger partial charge on any atom is 0.276 e. The van der Waals surface area contributed by atoms with Crippen molar-refractivity contribution < 1.29 is 9.42 Å². The summed E-state index contributed by atoms with van der Waals surface area (Å²) in [5.41, 5.74) is 0. The maximum atomic E-state index is 10.5. The minimum atomic E-state index is -1.57. The van der Waals surface area contributed by atoms with Crippen LogP contribution in [0.4, 0.5) is 0 Å². The summed E-state index contributed by atoms with van der Waals surface area (Å²) in [4.78, 5) is 10.5. The highest BCUT2D eigenvalue weighted by Crippen LogP contribution is 2.12. The van der Waals surface area contributed by atoms with Crippen molar-refractivity contribution in [3.05, 3.63) is 24.5 Å².